The van der Waals surface area contributed by atoms with Gasteiger partial charge in [0.2, 0.25) is 0 Å². The Bertz CT molecular complexity index is 1340. The lowest BCUT2D eigenvalue weighted by molar-refractivity contribution is 0.393. The van der Waals surface area contributed by atoms with Crippen LogP contribution in [0.4, 0.5) is 10.2 Å². The summed E-state index contributed by atoms with van der Waals surface area (Å²) in [5, 5.41) is 3.79. The quantitative estimate of drug-likeness (QED) is 0.657. The van der Waals surface area contributed by atoms with Crippen molar-refractivity contribution in [3.05, 3.63) is 81.7 Å². The maximum Gasteiger partial charge on any atom is 0.194 e. The van der Waals surface area contributed by atoms with Gasteiger partial charge in [-0.15, -0.1) is 0 Å². The molecule has 0 fully saturated rings. The maximum absolute atomic E-state index is 14.0. The van der Waals surface area contributed by atoms with Gasteiger partial charge in [0.25, 0.3) is 0 Å². The molecule has 0 bridgehead atoms. The van der Waals surface area contributed by atoms with Crippen LogP contribution in [-0.2, 0) is 6.42 Å². The van der Waals surface area contributed by atoms with E-state index in [9.17, 15) is 9.18 Å². The fourth-order valence-electron chi connectivity index (χ4n) is 4.15. The molecule has 7 nitrogen and oxygen atoms in total. The summed E-state index contributed by atoms with van der Waals surface area (Å²) < 4.78 is 14.0. The van der Waals surface area contributed by atoms with Gasteiger partial charge in [0.05, 0.1) is 23.1 Å². The van der Waals surface area contributed by atoms with Gasteiger partial charge >= 0.3 is 0 Å². The van der Waals surface area contributed by atoms with E-state index in [1.54, 1.807) is 18.3 Å². The molecular formula is C24H23FN6O. The fourth-order valence-corrected chi connectivity index (χ4v) is 4.15. The lowest BCUT2D eigenvalue weighted by atomic mass is 9.94. The zero-order chi connectivity index (χ0) is 22.2. The smallest absolute Gasteiger partial charge is 0.194 e. The summed E-state index contributed by atoms with van der Waals surface area (Å²) in [5.74, 6) is 0.457. The van der Waals surface area contributed by atoms with Crippen molar-refractivity contribution in [2.45, 2.75) is 25.6 Å². The molecule has 1 aliphatic heterocycles. The number of hydrogen-bond acceptors (Lipinski definition) is 6. The number of pyridine rings is 2. The van der Waals surface area contributed by atoms with Gasteiger partial charge in [0, 0.05) is 37.8 Å². The molecule has 1 aliphatic carbocycles. The molecule has 2 N–H and O–H groups in total. The summed E-state index contributed by atoms with van der Waals surface area (Å²) in [5.41, 5.74) is 4.68. The predicted octanol–water partition coefficient (Wildman–Crippen LogP) is 3.64. The second kappa shape index (κ2) is 8.03. The Morgan fingerprint density at radius 3 is 3.06 bits per heavy atom. The number of alkyl halides is 1. The Labute approximate surface area is 184 Å². The number of anilines is 1. The Morgan fingerprint density at radius 1 is 1.34 bits per heavy atom. The third-order valence-corrected chi connectivity index (χ3v) is 5.83. The molecule has 0 aromatic carbocycles. The van der Waals surface area contributed by atoms with Crippen LogP contribution >= 0.6 is 0 Å². The van der Waals surface area contributed by atoms with Crippen molar-refractivity contribution in [3.8, 4) is 0 Å². The number of allylic oxidation sites excluding steroid dienone is 3. The second-order valence-electron chi connectivity index (χ2n) is 8.06. The second-order valence-corrected chi connectivity index (χ2v) is 8.06. The zero-order valence-electron chi connectivity index (χ0n) is 17.8. The van der Waals surface area contributed by atoms with E-state index in [0.717, 1.165) is 34.8 Å². The van der Waals surface area contributed by atoms with Crippen molar-refractivity contribution in [3.63, 3.8) is 0 Å². The van der Waals surface area contributed by atoms with Crippen LogP contribution in [0.1, 0.15) is 35.5 Å². The molecule has 2 atom stereocenters. The van der Waals surface area contributed by atoms with E-state index in [1.807, 2.05) is 26.1 Å². The summed E-state index contributed by atoms with van der Waals surface area (Å²) >= 11 is 0. The summed E-state index contributed by atoms with van der Waals surface area (Å²) in [6.07, 6.45) is 11.7. The Balaban J connectivity index is 1.62. The number of nitrogens with one attached hydrogen (secondary N) is 2. The number of rotatable bonds is 4. The van der Waals surface area contributed by atoms with E-state index in [2.05, 4.69) is 37.3 Å². The lowest BCUT2D eigenvalue weighted by Crippen LogP contribution is -2.23. The topological polar surface area (TPSA) is 86.8 Å². The minimum Gasteiger partial charge on any atom is -0.369 e. The van der Waals surface area contributed by atoms with Crippen molar-refractivity contribution < 1.29 is 4.39 Å². The Hall–Kier alpha value is -3.81. The molecule has 8 heteroatoms. The van der Waals surface area contributed by atoms with Gasteiger partial charge in [-0.3, -0.25) is 9.78 Å². The lowest BCUT2D eigenvalue weighted by Gasteiger charge is -2.28. The SMILES string of the molecule is C[C@H](Nc1ncnc2[nH]ccc(=O)c12)c1cc2c(nc1C1=CC=CCN1C)CC(F)C=C2. The monoisotopic (exact) mass is 430 g/mol. The summed E-state index contributed by atoms with van der Waals surface area (Å²) in [6.45, 7) is 2.77. The molecule has 3 aromatic heterocycles. The standard InChI is InChI=1S/C24H23FN6O/c1-14(29-24-21-20(32)8-9-26-23(21)27-13-28-24)17-11-15-6-7-16(25)12-18(15)30-22(17)19-5-3-4-10-31(19)2/h3-9,11,13-14,16H,10,12H2,1-2H3,(H2,26,27,28,29,32)/t14-,16?/m0/s1. The first-order valence-corrected chi connectivity index (χ1v) is 10.5. The fraction of sp³-hybridized carbons (Fsp3) is 0.250. The van der Waals surface area contributed by atoms with Crippen molar-refractivity contribution in [2.75, 3.05) is 18.9 Å². The van der Waals surface area contributed by atoms with Crippen LogP contribution in [0.2, 0.25) is 0 Å². The molecule has 1 unspecified atom stereocenters. The molecule has 32 heavy (non-hydrogen) atoms. The van der Waals surface area contributed by atoms with E-state index in [1.165, 1.54) is 12.4 Å². The molecule has 5 rings (SSSR count). The van der Waals surface area contributed by atoms with Gasteiger partial charge in [0.1, 0.15) is 29.4 Å². The highest BCUT2D eigenvalue weighted by Gasteiger charge is 2.24. The van der Waals surface area contributed by atoms with Crippen LogP contribution in [0.5, 0.6) is 0 Å². The minimum atomic E-state index is -1.03. The number of aromatic nitrogens is 4. The highest BCUT2D eigenvalue weighted by atomic mass is 19.1. The first-order chi connectivity index (χ1) is 15.5. The van der Waals surface area contributed by atoms with E-state index in [-0.39, 0.29) is 17.9 Å². The van der Waals surface area contributed by atoms with Crippen LogP contribution in [0, 0.1) is 0 Å². The molecule has 2 aliphatic rings. The number of hydrogen-bond donors (Lipinski definition) is 2. The van der Waals surface area contributed by atoms with Crippen LogP contribution < -0.4 is 10.7 Å². The van der Waals surface area contributed by atoms with Gasteiger partial charge in [-0.25, -0.2) is 14.4 Å². The average molecular weight is 430 g/mol. The summed E-state index contributed by atoms with van der Waals surface area (Å²) in [6, 6.07) is 3.29. The van der Waals surface area contributed by atoms with Crippen LogP contribution in [0.15, 0.2) is 53.8 Å². The van der Waals surface area contributed by atoms with Crippen molar-refractivity contribution in [1.82, 2.24) is 24.8 Å². The van der Waals surface area contributed by atoms with Gasteiger partial charge in [-0.1, -0.05) is 18.2 Å². The highest BCUT2D eigenvalue weighted by Crippen LogP contribution is 2.33. The number of nitrogens with zero attached hydrogens (tertiary/aromatic N) is 4. The number of likely N-dealkylation sites (N-methyl/N-ethyl adjacent to an activating group) is 1. The normalized spacial score (nSPS) is 18.4. The molecule has 0 radical (unpaired) electrons. The first-order valence-electron chi connectivity index (χ1n) is 10.5. The van der Waals surface area contributed by atoms with Crippen LogP contribution in [0.3, 0.4) is 0 Å². The average Bonchev–Trinajstić information content (AvgIpc) is 2.79. The Kier molecular flexibility index (Phi) is 5.05. The molecular weight excluding hydrogens is 407 g/mol. The molecule has 4 heterocycles. The van der Waals surface area contributed by atoms with E-state index >= 15 is 0 Å². The molecule has 0 saturated carbocycles. The molecule has 0 saturated heterocycles. The molecule has 0 amide bonds. The third-order valence-electron chi connectivity index (χ3n) is 5.83. The van der Waals surface area contributed by atoms with Crippen molar-refractivity contribution in [1.29, 1.82) is 0 Å². The summed E-state index contributed by atoms with van der Waals surface area (Å²) in [7, 11) is 2.01. The van der Waals surface area contributed by atoms with Crippen molar-refractivity contribution >= 4 is 28.6 Å². The van der Waals surface area contributed by atoms with Gasteiger partial charge < -0.3 is 15.2 Å². The van der Waals surface area contributed by atoms with E-state index in [0.29, 0.717) is 16.9 Å². The summed E-state index contributed by atoms with van der Waals surface area (Å²) in [4.78, 5) is 31.0. The number of halogens is 1. The van der Waals surface area contributed by atoms with Crippen LogP contribution in [-0.4, -0.2) is 44.6 Å². The van der Waals surface area contributed by atoms with E-state index in [4.69, 9.17) is 4.98 Å². The maximum atomic E-state index is 14.0. The van der Waals surface area contributed by atoms with E-state index < -0.39 is 6.17 Å². The minimum absolute atomic E-state index is 0.158. The van der Waals surface area contributed by atoms with Gasteiger partial charge in [0.15, 0.2) is 5.43 Å². The Morgan fingerprint density at radius 2 is 2.22 bits per heavy atom. The zero-order valence-corrected chi connectivity index (χ0v) is 17.8. The highest BCUT2D eigenvalue weighted by molar-refractivity contribution is 5.86. The van der Waals surface area contributed by atoms with Crippen molar-refractivity contribution in [2.24, 2.45) is 0 Å². The van der Waals surface area contributed by atoms with Crippen LogP contribution in [0.25, 0.3) is 22.8 Å². The molecule has 3 aromatic rings. The first kappa shape index (κ1) is 20.1. The van der Waals surface area contributed by atoms with Gasteiger partial charge in [-0.05, 0) is 30.7 Å². The number of aromatic amines is 1. The predicted molar refractivity (Wildman–Crippen MR) is 124 cm³/mol. The van der Waals surface area contributed by atoms with Gasteiger partial charge in [-0.2, -0.15) is 0 Å². The molecule has 0 spiro atoms. The number of fused-ring (bicyclic) bond motifs is 2. The third kappa shape index (κ3) is 3.57. The number of H-pyrrole nitrogens is 1. The largest absolute Gasteiger partial charge is 0.369 e. The molecule has 162 valence electrons.